The highest BCUT2D eigenvalue weighted by Gasteiger charge is 2.14. The number of hydrogen-bond acceptors (Lipinski definition) is 3. The molecule has 0 atom stereocenters. The van der Waals surface area contributed by atoms with Crippen molar-refractivity contribution in [1.82, 2.24) is 0 Å². The maximum absolute atomic E-state index is 10.9. The fraction of sp³-hybridized carbons (Fsp3) is 0. The Bertz CT molecular complexity index is 551. The largest absolute Gasteiger partial charge is 0.477 e. The second-order valence-electron chi connectivity index (χ2n) is 3.18. The summed E-state index contributed by atoms with van der Waals surface area (Å²) in [6.45, 7) is 0. The normalized spacial score (nSPS) is 10.3. The first-order valence-corrected chi connectivity index (χ1v) is 6.36. The van der Waals surface area contributed by atoms with Crippen molar-refractivity contribution in [2.45, 2.75) is 0 Å². The highest BCUT2D eigenvalue weighted by molar-refractivity contribution is 14.1. The first kappa shape index (κ1) is 11.4. The van der Waals surface area contributed by atoms with Gasteiger partial charge in [-0.3, -0.25) is 0 Å². The van der Waals surface area contributed by atoms with Gasteiger partial charge in [0.1, 0.15) is 4.88 Å². The molecule has 16 heavy (non-hydrogen) atoms. The molecule has 0 aliphatic heterocycles. The first-order valence-electron chi connectivity index (χ1n) is 4.47. The minimum atomic E-state index is -0.973. The van der Waals surface area contributed by atoms with Gasteiger partial charge in [-0.25, -0.2) is 4.79 Å². The number of hydrogen-bond donors (Lipinski definition) is 2. The van der Waals surface area contributed by atoms with Gasteiger partial charge in [0.05, 0.1) is 5.69 Å². The number of carboxylic acids is 1. The summed E-state index contributed by atoms with van der Waals surface area (Å²) in [5, 5.41) is 8.92. The Morgan fingerprint density at radius 1 is 1.38 bits per heavy atom. The van der Waals surface area contributed by atoms with Crippen LogP contribution in [0.2, 0.25) is 0 Å². The van der Waals surface area contributed by atoms with Gasteiger partial charge in [0, 0.05) is 14.0 Å². The van der Waals surface area contributed by atoms with Crippen LogP contribution in [0, 0.1) is 3.57 Å². The van der Waals surface area contributed by atoms with Crippen LogP contribution in [0.5, 0.6) is 0 Å². The van der Waals surface area contributed by atoms with Crippen LogP contribution in [0.25, 0.3) is 10.4 Å². The fourth-order valence-electron chi connectivity index (χ4n) is 1.37. The van der Waals surface area contributed by atoms with E-state index in [9.17, 15) is 4.79 Å². The third kappa shape index (κ3) is 2.05. The van der Waals surface area contributed by atoms with Crippen LogP contribution in [0.3, 0.4) is 0 Å². The first-order chi connectivity index (χ1) is 7.59. The minimum Gasteiger partial charge on any atom is -0.477 e. The summed E-state index contributed by atoms with van der Waals surface area (Å²) in [7, 11) is 0. The molecule has 0 unspecified atom stereocenters. The third-order valence-electron chi connectivity index (χ3n) is 2.09. The van der Waals surface area contributed by atoms with Gasteiger partial charge in [-0.15, -0.1) is 11.3 Å². The molecule has 2 aromatic rings. The lowest BCUT2D eigenvalue weighted by atomic mass is 10.2. The van der Waals surface area contributed by atoms with E-state index in [1.807, 2.05) is 24.3 Å². The van der Waals surface area contributed by atoms with E-state index in [1.54, 1.807) is 6.07 Å². The van der Waals surface area contributed by atoms with Crippen LogP contribution >= 0.6 is 33.9 Å². The van der Waals surface area contributed by atoms with Gasteiger partial charge in [0.2, 0.25) is 0 Å². The molecule has 1 aromatic carbocycles. The quantitative estimate of drug-likeness (QED) is 0.821. The lowest BCUT2D eigenvalue weighted by Crippen LogP contribution is -1.96. The van der Waals surface area contributed by atoms with Crippen LogP contribution in [0.1, 0.15) is 9.67 Å². The lowest BCUT2D eigenvalue weighted by Gasteiger charge is -1.99. The molecule has 0 aliphatic rings. The van der Waals surface area contributed by atoms with Crippen molar-refractivity contribution < 1.29 is 9.90 Å². The maximum atomic E-state index is 10.9. The highest BCUT2D eigenvalue weighted by Crippen LogP contribution is 2.35. The smallest absolute Gasteiger partial charge is 0.348 e. The third-order valence-corrected chi connectivity index (χ3v) is 4.21. The zero-order chi connectivity index (χ0) is 11.7. The predicted molar refractivity (Wildman–Crippen MR) is 73.8 cm³/mol. The van der Waals surface area contributed by atoms with Gasteiger partial charge in [0.25, 0.3) is 0 Å². The predicted octanol–water partition coefficient (Wildman–Crippen LogP) is 3.30. The molecule has 0 fully saturated rings. The number of aromatic carboxylic acids is 1. The summed E-state index contributed by atoms with van der Waals surface area (Å²) in [6.07, 6.45) is 0. The van der Waals surface area contributed by atoms with Crippen molar-refractivity contribution in [2.24, 2.45) is 0 Å². The molecule has 0 saturated heterocycles. The number of nitrogens with two attached hydrogens (primary N) is 1. The summed E-state index contributed by atoms with van der Waals surface area (Å²) in [5.74, 6) is -0.973. The Kier molecular flexibility index (Phi) is 3.15. The number of benzene rings is 1. The lowest BCUT2D eigenvalue weighted by molar-refractivity contribution is 0.0703. The summed E-state index contributed by atoms with van der Waals surface area (Å²) in [6, 6.07) is 9.52. The molecule has 0 bridgehead atoms. The molecule has 3 nitrogen and oxygen atoms in total. The number of halogens is 1. The van der Waals surface area contributed by atoms with Gasteiger partial charge >= 0.3 is 5.97 Å². The van der Waals surface area contributed by atoms with E-state index >= 15 is 0 Å². The zero-order valence-electron chi connectivity index (χ0n) is 8.11. The number of carbonyl (C=O) groups is 1. The van der Waals surface area contributed by atoms with Crippen molar-refractivity contribution in [3.8, 4) is 10.4 Å². The standard InChI is InChI=1S/C11H8INO2S/c12-7-4-2-1-3-6(7)9-5-8(13)10(16-9)11(14)15/h1-5H,13H2,(H,14,15). The van der Waals surface area contributed by atoms with Crippen LogP contribution in [-0.2, 0) is 0 Å². The number of anilines is 1. The summed E-state index contributed by atoms with van der Waals surface area (Å²) >= 11 is 3.43. The van der Waals surface area contributed by atoms with Crippen LogP contribution in [0.4, 0.5) is 5.69 Å². The molecule has 82 valence electrons. The number of thiophene rings is 1. The highest BCUT2D eigenvalue weighted by atomic mass is 127. The van der Waals surface area contributed by atoms with Gasteiger partial charge < -0.3 is 10.8 Å². The topological polar surface area (TPSA) is 63.3 Å². The molecule has 0 saturated carbocycles. The van der Waals surface area contributed by atoms with Gasteiger partial charge in [0.15, 0.2) is 0 Å². The van der Waals surface area contributed by atoms with Crippen LogP contribution in [-0.4, -0.2) is 11.1 Å². The van der Waals surface area contributed by atoms with E-state index in [2.05, 4.69) is 22.6 Å². The SMILES string of the molecule is Nc1cc(-c2ccccc2I)sc1C(=O)O. The van der Waals surface area contributed by atoms with Crippen molar-refractivity contribution in [3.63, 3.8) is 0 Å². The average molecular weight is 345 g/mol. The van der Waals surface area contributed by atoms with Gasteiger partial charge in [-0.05, 0) is 34.7 Å². The molecule has 0 aliphatic carbocycles. The van der Waals surface area contributed by atoms with E-state index < -0.39 is 5.97 Å². The van der Waals surface area contributed by atoms with Crippen molar-refractivity contribution >= 4 is 45.6 Å². The van der Waals surface area contributed by atoms with E-state index in [0.717, 1.165) is 14.0 Å². The van der Waals surface area contributed by atoms with E-state index in [4.69, 9.17) is 10.8 Å². The molecule has 2 rings (SSSR count). The number of nitrogen functional groups attached to an aromatic ring is 1. The van der Waals surface area contributed by atoms with Crippen molar-refractivity contribution in [3.05, 3.63) is 38.8 Å². The average Bonchev–Trinajstić information content (AvgIpc) is 2.61. The van der Waals surface area contributed by atoms with Crippen molar-refractivity contribution in [1.29, 1.82) is 0 Å². The molecular weight excluding hydrogens is 337 g/mol. The minimum absolute atomic E-state index is 0.203. The Hall–Kier alpha value is -1.08. The fourth-order valence-corrected chi connectivity index (χ4v) is 3.18. The van der Waals surface area contributed by atoms with Crippen LogP contribution < -0.4 is 5.73 Å². The molecule has 0 spiro atoms. The van der Waals surface area contributed by atoms with E-state index in [0.29, 0.717) is 5.69 Å². The number of rotatable bonds is 2. The number of carboxylic acid groups (broad SMARTS) is 1. The Morgan fingerprint density at radius 2 is 2.06 bits per heavy atom. The second kappa shape index (κ2) is 4.42. The monoisotopic (exact) mass is 345 g/mol. The molecule has 0 radical (unpaired) electrons. The van der Waals surface area contributed by atoms with Crippen molar-refractivity contribution in [2.75, 3.05) is 5.73 Å². The maximum Gasteiger partial charge on any atom is 0.348 e. The Morgan fingerprint density at radius 3 is 2.62 bits per heavy atom. The second-order valence-corrected chi connectivity index (χ2v) is 5.39. The molecule has 5 heteroatoms. The molecule has 1 aromatic heterocycles. The van der Waals surface area contributed by atoms with E-state index in [1.165, 1.54) is 11.3 Å². The van der Waals surface area contributed by atoms with Crippen LogP contribution in [0.15, 0.2) is 30.3 Å². The molecule has 0 amide bonds. The van der Waals surface area contributed by atoms with Gasteiger partial charge in [-0.1, -0.05) is 18.2 Å². The zero-order valence-corrected chi connectivity index (χ0v) is 11.1. The molecule has 1 heterocycles. The molecule has 3 N–H and O–H groups in total. The summed E-state index contributed by atoms with van der Waals surface area (Å²) in [4.78, 5) is 12.0. The molecular formula is C11H8INO2S. The summed E-state index contributed by atoms with van der Waals surface area (Å²) in [5.41, 5.74) is 7.00. The van der Waals surface area contributed by atoms with Gasteiger partial charge in [-0.2, -0.15) is 0 Å². The summed E-state index contributed by atoms with van der Waals surface area (Å²) < 4.78 is 1.08. The van der Waals surface area contributed by atoms with E-state index in [-0.39, 0.29) is 4.88 Å². The Balaban J connectivity index is 2.54. The Labute approximate surface area is 110 Å².